The zero-order valence-electron chi connectivity index (χ0n) is 15.3. The van der Waals surface area contributed by atoms with Crippen molar-refractivity contribution in [3.8, 4) is 5.75 Å². The number of carbonyl (C=O) groups is 1. The lowest BCUT2D eigenvalue weighted by Crippen LogP contribution is -2.25. The number of ether oxygens (including phenoxy) is 1. The first kappa shape index (κ1) is 20.3. The Balaban J connectivity index is 1.92. The minimum absolute atomic E-state index is 0.0953. The summed E-state index contributed by atoms with van der Waals surface area (Å²) in [6.07, 6.45) is 0. The topological polar surface area (TPSA) is 50.7 Å². The molecule has 0 radical (unpaired) electrons. The minimum atomic E-state index is -0.373. The number of hydrogen-bond acceptors (Lipinski definition) is 3. The van der Waals surface area contributed by atoms with Gasteiger partial charge in [0.15, 0.2) is 6.61 Å². The second kappa shape index (κ2) is 8.56. The van der Waals surface area contributed by atoms with Gasteiger partial charge in [0.05, 0.1) is 10.7 Å². The van der Waals surface area contributed by atoms with E-state index in [2.05, 4.69) is 43.4 Å². The number of rotatable bonds is 5. The van der Waals surface area contributed by atoms with Crippen LogP contribution in [0.3, 0.4) is 0 Å². The van der Waals surface area contributed by atoms with Crippen molar-refractivity contribution in [1.29, 1.82) is 0 Å². The largest absolute Gasteiger partial charge is 0.482 e. The maximum atomic E-state index is 11.9. The van der Waals surface area contributed by atoms with Crippen molar-refractivity contribution >= 4 is 34.8 Å². The number of nitrogens with one attached hydrogen (secondary N) is 1. The fourth-order valence-corrected chi connectivity index (χ4v) is 2.65. The number of nitrogens with zero attached hydrogens (tertiary/aromatic N) is 1. The molecule has 26 heavy (non-hydrogen) atoms. The van der Waals surface area contributed by atoms with Gasteiger partial charge < -0.3 is 4.74 Å². The summed E-state index contributed by atoms with van der Waals surface area (Å²) in [5.41, 5.74) is 5.47. The third-order valence-electron chi connectivity index (χ3n) is 3.77. The molecule has 1 N–H and O–H groups in total. The quantitative estimate of drug-likeness (QED) is 0.560. The molecule has 2 aromatic carbocycles. The number of benzene rings is 2. The predicted octanol–water partition coefficient (Wildman–Crippen LogP) is 5.21. The maximum Gasteiger partial charge on any atom is 0.277 e. The molecule has 0 fully saturated rings. The van der Waals surface area contributed by atoms with E-state index in [1.165, 1.54) is 5.56 Å². The second-order valence-corrected chi connectivity index (χ2v) is 7.77. The van der Waals surface area contributed by atoms with Crippen LogP contribution < -0.4 is 10.2 Å². The Morgan fingerprint density at radius 2 is 1.77 bits per heavy atom. The number of hydrogen-bond donors (Lipinski definition) is 1. The summed E-state index contributed by atoms with van der Waals surface area (Å²) in [4.78, 5) is 11.9. The molecule has 0 heterocycles. The van der Waals surface area contributed by atoms with Gasteiger partial charge in [-0.25, -0.2) is 5.43 Å². The molecule has 138 valence electrons. The van der Waals surface area contributed by atoms with E-state index < -0.39 is 0 Å². The summed E-state index contributed by atoms with van der Waals surface area (Å²) in [5.74, 6) is 0.0198. The summed E-state index contributed by atoms with van der Waals surface area (Å²) in [5, 5.41) is 4.97. The SMILES string of the molecule is CC(=NNC(=O)COc1ccc(Cl)cc1Cl)c1ccc(C(C)(C)C)cc1. The van der Waals surface area contributed by atoms with Gasteiger partial charge in [-0.15, -0.1) is 0 Å². The molecule has 0 aliphatic carbocycles. The molecule has 0 aliphatic heterocycles. The fourth-order valence-electron chi connectivity index (χ4n) is 2.19. The van der Waals surface area contributed by atoms with Gasteiger partial charge in [0.25, 0.3) is 5.91 Å². The minimum Gasteiger partial charge on any atom is -0.482 e. The number of halogens is 2. The van der Waals surface area contributed by atoms with Crippen LogP contribution in [0.15, 0.2) is 47.6 Å². The first-order valence-electron chi connectivity index (χ1n) is 8.19. The van der Waals surface area contributed by atoms with Gasteiger partial charge in [-0.3, -0.25) is 4.79 Å². The highest BCUT2D eigenvalue weighted by molar-refractivity contribution is 6.35. The van der Waals surface area contributed by atoms with E-state index in [-0.39, 0.29) is 17.9 Å². The van der Waals surface area contributed by atoms with Gasteiger partial charge in [-0.1, -0.05) is 68.2 Å². The van der Waals surface area contributed by atoms with E-state index in [9.17, 15) is 4.79 Å². The molecule has 2 rings (SSSR count). The van der Waals surface area contributed by atoms with Crippen LogP contribution in [0.1, 0.15) is 38.8 Å². The molecule has 4 nitrogen and oxygen atoms in total. The molecule has 0 unspecified atom stereocenters. The zero-order valence-corrected chi connectivity index (χ0v) is 16.8. The van der Waals surface area contributed by atoms with Gasteiger partial charge in [0.1, 0.15) is 5.75 Å². The average molecular weight is 393 g/mol. The molecular formula is C20H22Cl2N2O2. The van der Waals surface area contributed by atoms with Crippen LogP contribution in [-0.2, 0) is 10.2 Å². The van der Waals surface area contributed by atoms with Gasteiger partial charge in [0, 0.05) is 5.02 Å². The van der Waals surface area contributed by atoms with Crippen LogP contribution >= 0.6 is 23.2 Å². The Hall–Kier alpha value is -2.04. The highest BCUT2D eigenvalue weighted by Gasteiger charge is 2.13. The predicted molar refractivity (Wildman–Crippen MR) is 107 cm³/mol. The third kappa shape index (κ3) is 5.75. The highest BCUT2D eigenvalue weighted by atomic mass is 35.5. The lowest BCUT2D eigenvalue weighted by Gasteiger charge is -2.19. The van der Waals surface area contributed by atoms with E-state index in [0.29, 0.717) is 21.5 Å². The van der Waals surface area contributed by atoms with Crippen molar-refractivity contribution < 1.29 is 9.53 Å². The van der Waals surface area contributed by atoms with Crippen molar-refractivity contribution in [1.82, 2.24) is 5.43 Å². The summed E-state index contributed by atoms with van der Waals surface area (Å²) in [6.45, 7) is 8.13. The lowest BCUT2D eigenvalue weighted by atomic mass is 9.86. The average Bonchev–Trinajstić information content (AvgIpc) is 2.58. The molecule has 2 aromatic rings. The van der Waals surface area contributed by atoms with Crippen LogP contribution in [0.25, 0.3) is 0 Å². The van der Waals surface area contributed by atoms with Crippen molar-refractivity contribution in [2.75, 3.05) is 6.61 Å². The van der Waals surface area contributed by atoms with Gasteiger partial charge >= 0.3 is 0 Å². The molecule has 6 heteroatoms. The summed E-state index contributed by atoms with van der Waals surface area (Å²) in [7, 11) is 0. The molecule has 0 saturated carbocycles. The van der Waals surface area contributed by atoms with Crippen LogP contribution in [-0.4, -0.2) is 18.2 Å². The molecule has 0 bridgehead atoms. The van der Waals surface area contributed by atoms with Crippen molar-refractivity contribution in [3.63, 3.8) is 0 Å². The number of amides is 1. The van der Waals surface area contributed by atoms with Gasteiger partial charge in [-0.2, -0.15) is 5.10 Å². The number of carbonyl (C=O) groups excluding carboxylic acids is 1. The molecule has 0 aliphatic rings. The van der Waals surface area contributed by atoms with Gasteiger partial charge in [-0.05, 0) is 41.7 Å². The molecule has 0 saturated heterocycles. The van der Waals surface area contributed by atoms with Crippen molar-refractivity contribution in [2.45, 2.75) is 33.1 Å². The summed E-state index contributed by atoms with van der Waals surface area (Å²) < 4.78 is 5.37. The van der Waals surface area contributed by atoms with E-state index in [0.717, 1.165) is 5.56 Å². The van der Waals surface area contributed by atoms with E-state index in [4.69, 9.17) is 27.9 Å². The molecule has 0 atom stereocenters. The van der Waals surface area contributed by atoms with Gasteiger partial charge in [0.2, 0.25) is 0 Å². The lowest BCUT2D eigenvalue weighted by molar-refractivity contribution is -0.123. The molecule has 0 aromatic heterocycles. The second-order valence-electron chi connectivity index (χ2n) is 6.92. The van der Waals surface area contributed by atoms with Crippen LogP contribution in [0, 0.1) is 0 Å². The Labute approximate surface area is 164 Å². The van der Waals surface area contributed by atoms with E-state index >= 15 is 0 Å². The number of hydrazone groups is 1. The van der Waals surface area contributed by atoms with Crippen LogP contribution in [0.2, 0.25) is 10.0 Å². The van der Waals surface area contributed by atoms with Crippen molar-refractivity contribution in [3.05, 3.63) is 63.6 Å². The first-order chi connectivity index (χ1) is 12.2. The standard InChI is InChI=1S/C20H22Cl2N2O2/c1-13(14-5-7-15(8-6-14)20(2,3)4)23-24-19(25)12-26-18-10-9-16(21)11-17(18)22/h5-11H,12H2,1-4H3,(H,24,25). The third-order valence-corrected chi connectivity index (χ3v) is 4.30. The Morgan fingerprint density at radius 1 is 1.12 bits per heavy atom. The monoisotopic (exact) mass is 392 g/mol. The Bertz CT molecular complexity index is 810. The molecule has 1 amide bonds. The van der Waals surface area contributed by atoms with E-state index in [1.807, 2.05) is 19.1 Å². The molecular weight excluding hydrogens is 371 g/mol. The first-order valence-corrected chi connectivity index (χ1v) is 8.94. The molecule has 0 spiro atoms. The van der Waals surface area contributed by atoms with Crippen LogP contribution in [0.5, 0.6) is 5.75 Å². The smallest absolute Gasteiger partial charge is 0.277 e. The van der Waals surface area contributed by atoms with E-state index in [1.54, 1.807) is 18.2 Å². The normalized spacial score (nSPS) is 12.0. The highest BCUT2D eigenvalue weighted by Crippen LogP contribution is 2.27. The maximum absolute atomic E-state index is 11.9. The summed E-state index contributed by atoms with van der Waals surface area (Å²) in [6, 6.07) is 12.9. The Kier molecular flexibility index (Phi) is 6.68. The zero-order chi connectivity index (χ0) is 19.3. The summed E-state index contributed by atoms with van der Waals surface area (Å²) >= 11 is 11.8. The fraction of sp³-hybridized carbons (Fsp3) is 0.300. The van der Waals surface area contributed by atoms with Crippen LogP contribution in [0.4, 0.5) is 0 Å². The Morgan fingerprint density at radius 3 is 2.35 bits per heavy atom. The van der Waals surface area contributed by atoms with Crippen molar-refractivity contribution in [2.24, 2.45) is 5.10 Å².